The van der Waals surface area contributed by atoms with E-state index >= 15 is 0 Å². The van der Waals surface area contributed by atoms with Gasteiger partial charge in [0.2, 0.25) is 5.91 Å². The highest BCUT2D eigenvalue weighted by molar-refractivity contribution is 5.96. The first-order valence-electron chi connectivity index (χ1n) is 9.57. The lowest BCUT2D eigenvalue weighted by Crippen LogP contribution is -2.40. The molecule has 2 aromatic carbocycles. The lowest BCUT2D eigenvalue weighted by Gasteiger charge is -2.22. The minimum absolute atomic E-state index is 0.00328. The molecule has 0 unspecified atom stereocenters. The van der Waals surface area contributed by atoms with E-state index < -0.39 is 0 Å². The maximum atomic E-state index is 12.9. The van der Waals surface area contributed by atoms with Crippen molar-refractivity contribution in [3.8, 4) is 11.5 Å². The van der Waals surface area contributed by atoms with Crippen molar-refractivity contribution in [2.24, 2.45) is 0 Å². The molecule has 0 spiro atoms. The summed E-state index contributed by atoms with van der Waals surface area (Å²) in [6, 6.07) is 11.4. The van der Waals surface area contributed by atoms with Crippen LogP contribution in [0.15, 0.2) is 42.5 Å². The van der Waals surface area contributed by atoms with Crippen molar-refractivity contribution in [3.05, 3.63) is 53.8 Å². The molecule has 0 aliphatic carbocycles. The van der Waals surface area contributed by atoms with Crippen LogP contribution in [-0.4, -0.2) is 56.2 Å². The Morgan fingerprint density at radius 1 is 1.03 bits per heavy atom. The standard InChI is InChI=1S/C21H22FN3O4/c22-16-3-1-15(2-4-16)7-8-23-20(26)14-24-9-10-25(21(24)27)17-5-6-18-19(13-17)29-12-11-28-18/h1-6,13H,7-12,14H2,(H,23,26). The van der Waals surface area contributed by atoms with Crippen molar-refractivity contribution in [1.82, 2.24) is 10.2 Å². The summed E-state index contributed by atoms with van der Waals surface area (Å²) >= 11 is 0. The normalized spacial score (nSPS) is 15.6. The molecule has 1 saturated heterocycles. The molecule has 1 fully saturated rings. The summed E-state index contributed by atoms with van der Waals surface area (Å²) in [6.07, 6.45) is 0.600. The number of benzene rings is 2. The molecule has 0 saturated carbocycles. The quantitative estimate of drug-likeness (QED) is 0.809. The Morgan fingerprint density at radius 2 is 1.79 bits per heavy atom. The molecular formula is C21H22FN3O4. The van der Waals surface area contributed by atoms with E-state index in [9.17, 15) is 14.0 Å². The highest BCUT2D eigenvalue weighted by atomic mass is 19.1. The molecule has 3 amide bonds. The number of hydrogen-bond acceptors (Lipinski definition) is 4. The predicted molar refractivity (Wildman–Crippen MR) is 105 cm³/mol. The molecule has 0 atom stereocenters. The van der Waals surface area contributed by atoms with Crippen LogP contribution in [0, 0.1) is 5.82 Å². The number of urea groups is 1. The maximum Gasteiger partial charge on any atom is 0.325 e. The van der Waals surface area contributed by atoms with Gasteiger partial charge in [-0.15, -0.1) is 0 Å². The summed E-state index contributed by atoms with van der Waals surface area (Å²) in [5.74, 6) is 0.792. The van der Waals surface area contributed by atoms with Crippen LogP contribution in [0.25, 0.3) is 0 Å². The molecule has 29 heavy (non-hydrogen) atoms. The van der Waals surface area contributed by atoms with Gasteiger partial charge in [0.25, 0.3) is 0 Å². The number of anilines is 1. The lowest BCUT2D eigenvalue weighted by atomic mass is 10.1. The second kappa shape index (κ2) is 8.38. The number of hydrogen-bond donors (Lipinski definition) is 1. The van der Waals surface area contributed by atoms with Crippen LogP contribution >= 0.6 is 0 Å². The van der Waals surface area contributed by atoms with Crippen LogP contribution in [0.5, 0.6) is 11.5 Å². The van der Waals surface area contributed by atoms with E-state index in [4.69, 9.17) is 9.47 Å². The summed E-state index contributed by atoms with van der Waals surface area (Å²) in [5, 5.41) is 2.81. The Morgan fingerprint density at radius 3 is 2.59 bits per heavy atom. The molecule has 0 bridgehead atoms. The first-order valence-corrected chi connectivity index (χ1v) is 9.57. The first-order chi connectivity index (χ1) is 14.1. The first kappa shape index (κ1) is 19.0. The third-order valence-corrected chi connectivity index (χ3v) is 4.92. The van der Waals surface area contributed by atoms with Crippen LogP contribution in [0.1, 0.15) is 5.56 Å². The lowest BCUT2D eigenvalue weighted by molar-refractivity contribution is -0.121. The van der Waals surface area contributed by atoms with Gasteiger partial charge in [-0.3, -0.25) is 9.69 Å². The zero-order chi connectivity index (χ0) is 20.2. The van der Waals surface area contributed by atoms with Gasteiger partial charge in [0.05, 0.1) is 0 Å². The zero-order valence-corrected chi connectivity index (χ0v) is 15.9. The topological polar surface area (TPSA) is 71.1 Å². The number of amides is 3. The van der Waals surface area contributed by atoms with Gasteiger partial charge in [0, 0.05) is 31.4 Å². The molecule has 0 radical (unpaired) electrons. The third kappa shape index (κ3) is 4.42. The van der Waals surface area contributed by atoms with E-state index in [-0.39, 0.29) is 24.3 Å². The van der Waals surface area contributed by atoms with Gasteiger partial charge >= 0.3 is 6.03 Å². The number of nitrogens with one attached hydrogen (secondary N) is 1. The van der Waals surface area contributed by atoms with E-state index in [2.05, 4.69) is 5.32 Å². The summed E-state index contributed by atoms with van der Waals surface area (Å²) < 4.78 is 24.0. The average molecular weight is 399 g/mol. The van der Waals surface area contributed by atoms with Gasteiger partial charge in [-0.05, 0) is 36.2 Å². The summed E-state index contributed by atoms with van der Waals surface area (Å²) in [5.41, 5.74) is 1.66. The Bertz CT molecular complexity index is 903. The minimum atomic E-state index is -0.284. The van der Waals surface area contributed by atoms with E-state index in [0.29, 0.717) is 50.8 Å². The maximum absolute atomic E-state index is 12.9. The van der Waals surface area contributed by atoms with Crippen molar-refractivity contribution in [2.45, 2.75) is 6.42 Å². The second-order valence-corrected chi connectivity index (χ2v) is 6.91. The average Bonchev–Trinajstić information content (AvgIpc) is 3.09. The SMILES string of the molecule is O=C(CN1CCN(c2ccc3c(c2)OCCO3)C1=O)NCCc1ccc(F)cc1. The van der Waals surface area contributed by atoms with E-state index in [1.165, 1.54) is 17.0 Å². The number of ether oxygens (including phenoxy) is 2. The van der Waals surface area contributed by atoms with Crippen LogP contribution in [0.2, 0.25) is 0 Å². The fourth-order valence-electron chi connectivity index (χ4n) is 3.40. The van der Waals surface area contributed by atoms with Gasteiger partial charge in [0.1, 0.15) is 25.6 Å². The number of nitrogens with zero attached hydrogens (tertiary/aromatic N) is 2. The summed E-state index contributed by atoms with van der Waals surface area (Å²) in [4.78, 5) is 28.1. The van der Waals surface area contributed by atoms with Crippen LogP contribution < -0.4 is 19.7 Å². The van der Waals surface area contributed by atoms with Crippen LogP contribution in [0.3, 0.4) is 0 Å². The van der Waals surface area contributed by atoms with Gasteiger partial charge < -0.3 is 19.7 Å². The number of fused-ring (bicyclic) bond motifs is 1. The van der Waals surface area contributed by atoms with Crippen molar-refractivity contribution >= 4 is 17.6 Å². The molecule has 2 aliphatic rings. The smallest absolute Gasteiger partial charge is 0.325 e. The largest absolute Gasteiger partial charge is 0.486 e. The van der Waals surface area contributed by atoms with Gasteiger partial charge in [-0.25, -0.2) is 9.18 Å². The molecule has 0 aromatic heterocycles. The van der Waals surface area contributed by atoms with Gasteiger partial charge in [-0.1, -0.05) is 12.1 Å². The minimum Gasteiger partial charge on any atom is -0.486 e. The van der Waals surface area contributed by atoms with Gasteiger partial charge in [-0.2, -0.15) is 0 Å². The molecular weight excluding hydrogens is 377 g/mol. The van der Waals surface area contributed by atoms with E-state index in [0.717, 1.165) is 11.3 Å². The molecule has 2 heterocycles. The number of carbonyl (C=O) groups is 2. The Hall–Kier alpha value is -3.29. The van der Waals surface area contributed by atoms with Crippen molar-refractivity contribution in [1.29, 1.82) is 0 Å². The Kier molecular flexibility index (Phi) is 5.50. The Balaban J connectivity index is 1.28. The fourth-order valence-corrected chi connectivity index (χ4v) is 3.40. The monoisotopic (exact) mass is 399 g/mol. The number of rotatable bonds is 6. The van der Waals surface area contributed by atoms with E-state index in [1.807, 2.05) is 6.07 Å². The summed E-state index contributed by atoms with van der Waals surface area (Å²) in [7, 11) is 0. The highest BCUT2D eigenvalue weighted by Gasteiger charge is 2.31. The van der Waals surface area contributed by atoms with Crippen molar-refractivity contribution < 1.29 is 23.5 Å². The predicted octanol–water partition coefficient (Wildman–Crippen LogP) is 2.20. The fraction of sp³-hybridized carbons (Fsp3) is 0.333. The molecule has 1 N–H and O–H groups in total. The van der Waals surface area contributed by atoms with Crippen molar-refractivity contribution in [2.75, 3.05) is 44.3 Å². The summed E-state index contributed by atoms with van der Waals surface area (Å²) in [6.45, 7) is 2.40. The third-order valence-electron chi connectivity index (χ3n) is 4.92. The second-order valence-electron chi connectivity index (χ2n) is 6.91. The molecule has 2 aromatic rings. The highest BCUT2D eigenvalue weighted by Crippen LogP contribution is 2.34. The molecule has 8 heteroatoms. The Labute approximate surface area is 168 Å². The molecule has 4 rings (SSSR count). The van der Waals surface area contributed by atoms with E-state index in [1.54, 1.807) is 29.2 Å². The van der Waals surface area contributed by atoms with Crippen molar-refractivity contribution in [3.63, 3.8) is 0 Å². The van der Waals surface area contributed by atoms with Crippen LogP contribution in [0.4, 0.5) is 14.9 Å². The number of carbonyl (C=O) groups excluding carboxylic acids is 2. The molecule has 2 aliphatic heterocycles. The zero-order valence-electron chi connectivity index (χ0n) is 15.9. The molecule has 152 valence electrons. The van der Waals surface area contributed by atoms with Gasteiger partial charge in [0.15, 0.2) is 11.5 Å². The number of halogens is 1. The molecule has 7 nitrogen and oxygen atoms in total. The van der Waals surface area contributed by atoms with Crippen LogP contribution in [-0.2, 0) is 11.2 Å².